The van der Waals surface area contributed by atoms with Crippen molar-refractivity contribution in [3.63, 3.8) is 0 Å². The van der Waals surface area contributed by atoms with Gasteiger partial charge in [0, 0.05) is 0 Å². The Morgan fingerprint density at radius 1 is 1.03 bits per heavy atom. The molecule has 0 spiro atoms. The Balaban J connectivity index is 2.00. The number of carbonyl (C=O) groups is 2. The van der Waals surface area contributed by atoms with Crippen LogP contribution in [0.15, 0.2) is 48.2 Å². The van der Waals surface area contributed by atoms with Crippen LogP contribution < -0.4 is 14.8 Å². The number of methoxy groups -OCH3 is 1. The van der Waals surface area contributed by atoms with Crippen LogP contribution in [-0.2, 0) is 14.3 Å². The second kappa shape index (κ2) is 10.3. The zero-order valence-corrected chi connectivity index (χ0v) is 19.2. The second-order valence-corrected chi connectivity index (χ2v) is 7.72. The summed E-state index contributed by atoms with van der Waals surface area (Å²) in [6.07, 6.45) is 0.00972. The van der Waals surface area contributed by atoms with Crippen molar-refractivity contribution < 1.29 is 23.8 Å². The van der Waals surface area contributed by atoms with Crippen LogP contribution in [0.3, 0.4) is 0 Å². The van der Waals surface area contributed by atoms with Crippen LogP contribution >= 0.6 is 0 Å². The van der Waals surface area contributed by atoms with E-state index >= 15 is 0 Å². The van der Waals surface area contributed by atoms with Crippen LogP contribution in [0, 0.1) is 6.92 Å². The first-order valence-corrected chi connectivity index (χ1v) is 10.7. The number of hydrogen-bond donors (Lipinski definition) is 1. The summed E-state index contributed by atoms with van der Waals surface area (Å²) in [5.41, 5.74) is 2.77. The third-order valence-electron chi connectivity index (χ3n) is 5.00. The van der Waals surface area contributed by atoms with Crippen molar-refractivity contribution in [3.05, 3.63) is 59.3 Å². The van der Waals surface area contributed by atoms with E-state index in [1.54, 1.807) is 31.4 Å². The minimum absolute atomic E-state index is 0.00972. The average molecular weight is 439 g/mol. The summed E-state index contributed by atoms with van der Waals surface area (Å²) in [7, 11) is 1.56. The molecule has 7 nitrogen and oxygen atoms in total. The standard InChI is InChI=1S/C25H30N2O5/c1-6-31-19-10-8-18(9-11-19)22-23(26-20-15-17(4)7-12-21(20)30-5)25(29)27(24(22)28)13-14-32-16(2)3/h7-12,15-16,26H,6,13-14H2,1-5H3. The van der Waals surface area contributed by atoms with Crippen molar-refractivity contribution in [1.82, 2.24) is 4.90 Å². The highest BCUT2D eigenvalue weighted by atomic mass is 16.5. The molecule has 0 bridgehead atoms. The van der Waals surface area contributed by atoms with Gasteiger partial charge in [-0.05, 0) is 63.1 Å². The summed E-state index contributed by atoms with van der Waals surface area (Å²) in [5, 5.41) is 3.17. The van der Waals surface area contributed by atoms with Crippen LogP contribution in [0.5, 0.6) is 11.5 Å². The first-order chi connectivity index (χ1) is 15.3. The van der Waals surface area contributed by atoms with E-state index in [-0.39, 0.29) is 30.9 Å². The molecular formula is C25H30N2O5. The summed E-state index contributed by atoms with van der Waals surface area (Å²) < 4.78 is 16.5. The number of hydrogen-bond acceptors (Lipinski definition) is 6. The van der Waals surface area contributed by atoms with Gasteiger partial charge in [-0.25, -0.2) is 0 Å². The number of carbonyl (C=O) groups excluding carboxylic acids is 2. The molecule has 0 saturated carbocycles. The van der Waals surface area contributed by atoms with Gasteiger partial charge in [-0.15, -0.1) is 0 Å². The fraction of sp³-hybridized carbons (Fsp3) is 0.360. The van der Waals surface area contributed by atoms with E-state index in [1.807, 2.05) is 45.9 Å². The second-order valence-electron chi connectivity index (χ2n) is 7.72. The Morgan fingerprint density at radius 3 is 2.38 bits per heavy atom. The highest BCUT2D eigenvalue weighted by Crippen LogP contribution is 2.34. The molecule has 1 N–H and O–H groups in total. The summed E-state index contributed by atoms with van der Waals surface area (Å²) >= 11 is 0. The molecule has 1 aliphatic rings. The molecule has 32 heavy (non-hydrogen) atoms. The zero-order valence-electron chi connectivity index (χ0n) is 19.2. The van der Waals surface area contributed by atoms with Crippen molar-refractivity contribution in [2.24, 2.45) is 0 Å². The van der Waals surface area contributed by atoms with Gasteiger partial charge in [-0.1, -0.05) is 18.2 Å². The fourth-order valence-corrected chi connectivity index (χ4v) is 3.48. The number of aryl methyl sites for hydroxylation is 1. The highest BCUT2D eigenvalue weighted by molar-refractivity contribution is 6.36. The number of benzene rings is 2. The smallest absolute Gasteiger partial charge is 0.278 e. The number of amides is 2. The summed E-state index contributed by atoms with van der Waals surface area (Å²) in [4.78, 5) is 27.8. The SMILES string of the molecule is CCOc1ccc(C2=C(Nc3cc(C)ccc3OC)C(=O)N(CCOC(C)C)C2=O)cc1. The van der Waals surface area contributed by atoms with Gasteiger partial charge in [0.1, 0.15) is 17.2 Å². The maximum atomic E-state index is 13.3. The number of ether oxygens (including phenoxy) is 3. The Kier molecular flexibility index (Phi) is 7.53. The van der Waals surface area contributed by atoms with Gasteiger partial charge in [0.2, 0.25) is 0 Å². The molecule has 0 fully saturated rings. The first-order valence-electron chi connectivity index (χ1n) is 10.7. The van der Waals surface area contributed by atoms with E-state index in [2.05, 4.69) is 5.32 Å². The van der Waals surface area contributed by atoms with Gasteiger partial charge in [0.05, 0.1) is 44.2 Å². The number of nitrogens with one attached hydrogen (secondary N) is 1. The van der Waals surface area contributed by atoms with E-state index in [0.717, 1.165) is 5.56 Å². The van der Waals surface area contributed by atoms with Crippen molar-refractivity contribution in [1.29, 1.82) is 0 Å². The van der Waals surface area contributed by atoms with Gasteiger partial charge < -0.3 is 19.5 Å². The maximum absolute atomic E-state index is 13.3. The van der Waals surface area contributed by atoms with E-state index in [9.17, 15) is 9.59 Å². The third kappa shape index (κ3) is 5.11. The first kappa shape index (κ1) is 23.3. The molecule has 0 aromatic heterocycles. The topological polar surface area (TPSA) is 77.1 Å². The Bertz CT molecular complexity index is 1010. The highest BCUT2D eigenvalue weighted by Gasteiger charge is 2.39. The molecule has 0 radical (unpaired) electrons. The van der Waals surface area contributed by atoms with E-state index in [1.165, 1.54) is 4.90 Å². The maximum Gasteiger partial charge on any atom is 0.278 e. The molecule has 0 aliphatic carbocycles. The van der Waals surface area contributed by atoms with E-state index in [4.69, 9.17) is 14.2 Å². The van der Waals surface area contributed by atoms with Crippen molar-refractivity contribution in [2.45, 2.75) is 33.8 Å². The Hall–Kier alpha value is -3.32. The lowest BCUT2D eigenvalue weighted by Crippen LogP contribution is -2.35. The molecule has 2 aromatic rings. The molecule has 1 aliphatic heterocycles. The minimum Gasteiger partial charge on any atom is -0.495 e. The van der Waals surface area contributed by atoms with Crippen LogP contribution in [0.2, 0.25) is 0 Å². The number of anilines is 1. The lowest BCUT2D eigenvalue weighted by molar-refractivity contribution is -0.137. The van der Waals surface area contributed by atoms with Gasteiger partial charge in [-0.2, -0.15) is 0 Å². The zero-order chi connectivity index (χ0) is 23.3. The molecule has 0 unspecified atom stereocenters. The summed E-state index contributed by atoms with van der Waals surface area (Å²) in [5.74, 6) is 0.525. The van der Waals surface area contributed by atoms with Crippen LogP contribution in [0.25, 0.3) is 5.57 Å². The van der Waals surface area contributed by atoms with Crippen molar-refractivity contribution >= 4 is 23.1 Å². The Morgan fingerprint density at radius 2 is 1.75 bits per heavy atom. The Labute approximate surface area is 189 Å². The average Bonchev–Trinajstić information content (AvgIpc) is 2.99. The molecule has 3 rings (SSSR count). The number of rotatable bonds is 10. The minimum atomic E-state index is -0.394. The molecule has 2 amide bonds. The van der Waals surface area contributed by atoms with Gasteiger partial charge >= 0.3 is 0 Å². The molecule has 0 saturated heterocycles. The summed E-state index contributed by atoms with van der Waals surface area (Å²) in [6, 6.07) is 12.8. The molecule has 0 atom stereocenters. The largest absolute Gasteiger partial charge is 0.495 e. The number of imide groups is 1. The van der Waals surface area contributed by atoms with Crippen LogP contribution in [-0.4, -0.2) is 49.7 Å². The molecule has 2 aromatic carbocycles. The quantitative estimate of drug-likeness (QED) is 0.565. The van der Waals surface area contributed by atoms with Crippen LogP contribution in [0.1, 0.15) is 31.9 Å². The van der Waals surface area contributed by atoms with Gasteiger partial charge in [-0.3, -0.25) is 14.5 Å². The lowest BCUT2D eigenvalue weighted by Gasteiger charge is -2.17. The van der Waals surface area contributed by atoms with Gasteiger partial charge in [0.25, 0.3) is 11.8 Å². The summed E-state index contributed by atoms with van der Waals surface area (Å²) in [6.45, 7) is 8.66. The van der Waals surface area contributed by atoms with E-state index < -0.39 is 5.91 Å². The third-order valence-corrected chi connectivity index (χ3v) is 5.00. The molecule has 7 heteroatoms. The molecular weight excluding hydrogens is 408 g/mol. The van der Waals surface area contributed by atoms with Gasteiger partial charge in [0.15, 0.2) is 0 Å². The predicted molar refractivity (Wildman–Crippen MR) is 124 cm³/mol. The predicted octanol–water partition coefficient (Wildman–Crippen LogP) is 4.02. The number of nitrogens with zero attached hydrogens (tertiary/aromatic N) is 1. The monoisotopic (exact) mass is 438 g/mol. The fourth-order valence-electron chi connectivity index (χ4n) is 3.48. The normalized spacial score (nSPS) is 13.9. The molecule has 1 heterocycles. The van der Waals surface area contributed by atoms with Crippen molar-refractivity contribution in [2.75, 3.05) is 32.2 Å². The lowest BCUT2D eigenvalue weighted by atomic mass is 10.0. The molecule has 170 valence electrons. The van der Waals surface area contributed by atoms with Crippen LogP contribution in [0.4, 0.5) is 5.69 Å². The van der Waals surface area contributed by atoms with Crippen molar-refractivity contribution in [3.8, 4) is 11.5 Å². The van der Waals surface area contributed by atoms with E-state index in [0.29, 0.717) is 34.9 Å².